The van der Waals surface area contributed by atoms with Gasteiger partial charge in [0.05, 0.1) is 29.4 Å². The Balaban J connectivity index is 1.09. The fourth-order valence-electron chi connectivity index (χ4n) is 6.55. The van der Waals surface area contributed by atoms with Crippen LogP contribution >= 0.6 is 0 Å². The zero-order valence-electron chi connectivity index (χ0n) is 24.5. The summed E-state index contributed by atoms with van der Waals surface area (Å²) in [5.41, 5.74) is 2.07. The summed E-state index contributed by atoms with van der Waals surface area (Å²) in [4.78, 5) is 32.2. The highest BCUT2D eigenvalue weighted by molar-refractivity contribution is 6.09. The first-order valence-corrected chi connectivity index (χ1v) is 14.8. The summed E-state index contributed by atoms with van der Waals surface area (Å²) in [6.45, 7) is 9.48. The van der Waals surface area contributed by atoms with Crippen molar-refractivity contribution in [1.29, 1.82) is 0 Å². The zero-order valence-corrected chi connectivity index (χ0v) is 24.5. The van der Waals surface area contributed by atoms with E-state index < -0.39 is 5.60 Å². The Morgan fingerprint density at radius 2 is 1.95 bits per heavy atom. The summed E-state index contributed by atoms with van der Waals surface area (Å²) in [5, 5.41) is 13.1. The third-order valence-corrected chi connectivity index (χ3v) is 8.64. The topological polar surface area (TPSA) is 116 Å². The molecule has 2 atom stereocenters. The van der Waals surface area contributed by atoms with Gasteiger partial charge in [-0.05, 0) is 70.9 Å². The highest BCUT2D eigenvalue weighted by Crippen LogP contribution is 2.50. The number of amides is 2. The van der Waals surface area contributed by atoms with Crippen molar-refractivity contribution in [2.75, 3.05) is 18.4 Å². The van der Waals surface area contributed by atoms with Crippen molar-refractivity contribution in [3.8, 4) is 5.75 Å². The Kier molecular flexibility index (Phi) is 6.18. The molecule has 2 unspecified atom stereocenters. The minimum atomic E-state index is -0.484. The lowest BCUT2D eigenvalue weighted by Crippen LogP contribution is -2.61. The number of aromatic nitrogens is 5. The van der Waals surface area contributed by atoms with E-state index in [1.54, 1.807) is 29.2 Å². The SMILES string of the molecule is CC1CC2(CCC1n1cc3cc(C(=O)Nc4cnn5cccnc45)c(OC4CC4)cc3n1)CN(C(=O)OC(C)(C)C)C2. The molecule has 2 saturated carbocycles. The molecule has 1 saturated heterocycles. The summed E-state index contributed by atoms with van der Waals surface area (Å²) in [5.74, 6) is 0.666. The molecule has 1 aromatic carbocycles. The predicted molar refractivity (Wildman–Crippen MR) is 157 cm³/mol. The van der Waals surface area contributed by atoms with Crippen LogP contribution in [0.25, 0.3) is 16.6 Å². The molecular formula is C31H37N7O4. The van der Waals surface area contributed by atoms with Gasteiger partial charge in [-0.15, -0.1) is 0 Å². The van der Waals surface area contributed by atoms with Gasteiger partial charge in [0.2, 0.25) is 0 Å². The summed E-state index contributed by atoms with van der Waals surface area (Å²) in [6, 6.07) is 5.81. The van der Waals surface area contributed by atoms with Crippen LogP contribution in [0.3, 0.4) is 0 Å². The van der Waals surface area contributed by atoms with E-state index in [0.29, 0.717) is 28.6 Å². The van der Waals surface area contributed by atoms with E-state index in [1.807, 2.05) is 37.8 Å². The van der Waals surface area contributed by atoms with Gasteiger partial charge in [0.25, 0.3) is 5.91 Å². The Bertz CT molecular complexity index is 1680. The third kappa shape index (κ3) is 5.05. The molecule has 3 aromatic heterocycles. The van der Waals surface area contributed by atoms with E-state index in [0.717, 1.165) is 56.1 Å². The molecule has 1 N–H and O–H groups in total. The summed E-state index contributed by atoms with van der Waals surface area (Å²) in [7, 11) is 0. The number of rotatable bonds is 5. The molecule has 2 amide bonds. The lowest BCUT2D eigenvalue weighted by atomic mass is 9.64. The van der Waals surface area contributed by atoms with Crippen LogP contribution in [0.2, 0.25) is 0 Å². The van der Waals surface area contributed by atoms with Crippen LogP contribution < -0.4 is 10.1 Å². The van der Waals surface area contributed by atoms with E-state index in [4.69, 9.17) is 14.6 Å². The number of nitrogens with one attached hydrogen (secondary N) is 1. The van der Waals surface area contributed by atoms with Gasteiger partial charge in [-0.2, -0.15) is 10.2 Å². The molecular weight excluding hydrogens is 534 g/mol. The van der Waals surface area contributed by atoms with Crippen molar-refractivity contribution in [1.82, 2.24) is 29.3 Å². The van der Waals surface area contributed by atoms with E-state index in [9.17, 15) is 9.59 Å². The standard InChI is InChI=1S/C31H37N7O4/c1-19-14-31(17-36(18-31)29(40)42-30(2,3)4)9-8-25(19)38-16-20-12-22(26(13-23(20)35-38)41-21-6-7-21)28(39)34-24-15-33-37-11-5-10-32-27(24)37/h5,10-13,15-16,19,21,25H,6-9,14,17-18H2,1-4H3,(H,34,39). The van der Waals surface area contributed by atoms with Gasteiger partial charge in [-0.3, -0.25) is 9.48 Å². The molecule has 3 aliphatic rings. The summed E-state index contributed by atoms with van der Waals surface area (Å²) >= 11 is 0. The first-order valence-electron chi connectivity index (χ1n) is 14.8. The lowest BCUT2D eigenvalue weighted by Gasteiger charge is -2.54. The van der Waals surface area contributed by atoms with Crippen LogP contribution in [0.15, 0.2) is 43.0 Å². The zero-order chi connectivity index (χ0) is 29.2. The molecule has 3 fully saturated rings. The van der Waals surface area contributed by atoms with Crippen LogP contribution in [-0.2, 0) is 4.74 Å². The molecule has 0 bridgehead atoms. The number of nitrogens with zero attached hydrogens (tertiary/aromatic N) is 6. The van der Waals surface area contributed by atoms with Gasteiger partial charge < -0.3 is 19.7 Å². The number of fused-ring (bicyclic) bond motifs is 2. The molecule has 11 nitrogen and oxygen atoms in total. The maximum atomic E-state index is 13.5. The Morgan fingerprint density at radius 3 is 2.69 bits per heavy atom. The maximum absolute atomic E-state index is 13.5. The minimum absolute atomic E-state index is 0.131. The molecule has 1 aliphatic heterocycles. The van der Waals surface area contributed by atoms with E-state index in [-0.39, 0.29) is 29.6 Å². The van der Waals surface area contributed by atoms with Crippen molar-refractivity contribution in [2.45, 2.75) is 77.5 Å². The van der Waals surface area contributed by atoms with Crippen molar-refractivity contribution in [3.63, 3.8) is 0 Å². The van der Waals surface area contributed by atoms with Gasteiger partial charge in [0.1, 0.15) is 17.0 Å². The van der Waals surface area contributed by atoms with Crippen LogP contribution in [0.5, 0.6) is 5.75 Å². The van der Waals surface area contributed by atoms with Gasteiger partial charge >= 0.3 is 6.09 Å². The molecule has 7 rings (SSSR count). The summed E-state index contributed by atoms with van der Waals surface area (Å²) in [6.07, 6.45) is 12.0. The van der Waals surface area contributed by atoms with Gasteiger partial charge in [-0.1, -0.05) is 6.92 Å². The second-order valence-corrected chi connectivity index (χ2v) is 13.4. The first kappa shape index (κ1) is 26.7. The Morgan fingerprint density at radius 1 is 1.14 bits per heavy atom. The second-order valence-electron chi connectivity index (χ2n) is 13.4. The highest BCUT2D eigenvalue weighted by atomic mass is 16.6. The quantitative estimate of drug-likeness (QED) is 0.338. The molecule has 1 spiro atoms. The molecule has 11 heteroatoms. The van der Waals surface area contributed by atoms with Crippen molar-refractivity contribution >= 4 is 34.2 Å². The number of anilines is 1. The number of benzene rings is 1. The van der Waals surface area contributed by atoms with Gasteiger partial charge in [-0.25, -0.2) is 14.3 Å². The number of carbonyl (C=O) groups excluding carboxylic acids is 2. The normalized spacial score (nSPS) is 21.9. The smallest absolute Gasteiger partial charge is 0.410 e. The van der Waals surface area contributed by atoms with Crippen molar-refractivity contribution in [3.05, 3.63) is 48.5 Å². The predicted octanol–water partition coefficient (Wildman–Crippen LogP) is 5.47. The monoisotopic (exact) mass is 571 g/mol. The number of hydrogen-bond acceptors (Lipinski definition) is 7. The van der Waals surface area contributed by atoms with Crippen LogP contribution in [0.1, 0.15) is 76.2 Å². The number of hydrogen-bond donors (Lipinski definition) is 1. The molecule has 0 radical (unpaired) electrons. The lowest BCUT2D eigenvalue weighted by molar-refractivity contribution is -0.0648. The molecule has 220 valence electrons. The molecule has 4 aromatic rings. The highest BCUT2D eigenvalue weighted by Gasteiger charge is 2.50. The second kappa shape index (κ2) is 9.71. The van der Waals surface area contributed by atoms with Gasteiger partial charge in [0, 0.05) is 48.5 Å². The average molecular weight is 572 g/mol. The third-order valence-electron chi connectivity index (χ3n) is 8.64. The van der Waals surface area contributed by atoms with Crippen molar-refractivity contribution < 1.29 is 19.1 Å². The fourth-order valence-corrected chi connectivity index (χ4v) is 6.55. The van der Waals surface area contributed by atoms with Crippen LogP contribution in [0, 0.1) is 11.3 Å². The summed E-state index contributed by atoms with van der Waals surface area (Å²) < 4.78 is 15.5. The fraction of sp³-hybridized carbons (Fsp3) is 0.516. The number of ether oxygens (including phenoxy) is 2. The van der Waals surface area contributed by atoms with E-state index in [2.05, 4.69) is 33.2 Å². The van der Waals surface area contributed by atoms with Crippen LogP contribution in [0.4, 0.5) is 10.5 Å². The number of carbonyl (C=O) groups is 2. The van der Waals surface area contributed by atoms with E-state index in [1.165, 1.54) is 0 Å². The molecule has 4 heterocycles. The largest absolute Gasteiger partial charge is 0.490 e. The van der Waals surface area contributed by atoms with E-state index >= 15 is 0 Å². The van der Waals surface area contributed by atoms with Crippen molar-refractivity contribution in [2.24, 2.45) is 11.3 Å². The molecule has 42 heavy (non-hydrogen) atoms. The number of likely N-dealkylation sites (tertiary alicyclic amines) is 1. The van der Waals surface area contributed by atoms with Gasteiger partial charge in [0.15, 0.2) is 5.65 Å². The Labute approximate surface area is 244 Å². The van der Waals surface area contributed by atoms with Crippen LogP contribution in [-0.4, -0.2) is 66.1 Å². The molecule has 2 aliphatic carbocycles. The average Bonchev–Trinajstić information content (AvgIpc) is 3.49. The maximum Gasteiger partial charge on any atom is 0.410 e. The Hall–Kier alpha value is -4.15. The first-order chi connectivity index (χ1) is 20.1. The minimum Gasteiger partial charge on any atom is -0.490 e.